The molecule has 2 rings (SSSR count). The summed E-state index contributed by atoms with van der Waals surface area (Å²) < 4.78 is 5.66. The van der Waals surface area contributed by atoms with Crippen LogP contribution in [0.1, 0.15) is 46.0 Å². The van der Waals surface area contributed by atoms with Crippen molar-refractivity contribution in [2.24, 2.45) is 22.7 Å². The largest absolute Gasteiger partial charge is 0.380 e. The molecule has 0 aromatic heterocycles. The molecule has 4 nitrogen and oxygen atoms in total. The van der Waals surface area contributed by atoms with Crippen LogP contribution >= 0.6 is 0 Å². The Labute approximate surface area is 130 Å². The van der Waals surface area contributed by atoms with E-state index in [1.807, 2.05) is 7.05 Å². The third-order valence-electron chi connectivity index (χ3n) is 4.86. The molecule has 1 aliphatic carbocycles. The predicted molar refractivity (Wildman–Crippen MR) is 88.7 cm³/mol. The Morgan fingerprint density at radius 1 is 1.19 bits per heavy atom. The highest BCUT2D eigenvalue weighted by Gasteiger charge is 2.35. The van der Waals surface area contributed by atoms with Crippen LogP contribution in [0.15, 0.2) is 4.99 Å². The highest BCUT2D eigenvalue weighted by Crippen LogP contribution is 2.35. The van der Waals surface area contributed by atoms with E-state index in [4.69, 9.17) is 4.74 Å². The van der Waals surface area contributed by atoms with Crippen LogP contribution in [0.3, 0.4) is 0 Å². The lowest BCUT2D eigenvalue weighted by atomic mass is 9.82. The van der Waals surface area contributed by atoms with Crippen molar-refractivity contribution >= 4 is 5.96 Å². The molecule has 1 heterocycles. The van der Waals surface area contributed by atoms with Gasteiger partial charge in [-0.25, -0.2) is 0 Å². The van der Waals surface area contributed by atoms with Crippen LogP contribution in [-0.4, -0.2) is 50.8 Å². The first-order valence-corrected chi connectivity index (χ1v) is 8.74. The minimum absolute atomic E-state index is 0.721. The number of fused-ring (bicyclic) bond motifs is 1. The van der Waals surface area contributed by atoms with Gasteiger partial charge in [-0.05, 0) is 37.0 Å². The summed E-state index contributed by atoms with van der Waals surface area (Å²) in [4.78, 5) is 6.90. The summed E-state index contributed by atoms with van der Waals surface area (Å²) in [6, 6.07) is 0. The Kier molecular flexibility index (Phi) is 6.81. The Morgan fingerprint density at radius 2 is 1.86 bits per heavy atom. The van der Waals surface area contributed by atoms with E-state index in [1.165, 1.54) is 38.8 Å². The molecule has 0 aromatic carbocycles. The van der Waals surface area contributed by atoms with Crippen LogP contribution in [-0.2, 0) is 4.74 Å². The van der Waals surface area contributed by atoms with E-state index in [0.717, 1.165) is 49.9 Å². The molecule has 21 heavy (non-hydrogen) atoms. The highest BCUT2D eigenvalue weighted by molar-refractivity contribution is 5.80. The van der Waals surface area contributed by atoms with Gasteiger partial charge in [0.2, 0.25) is 0 Å². The van der Waals surface area contributed by atoms with Gasteiger partial charge in [0.25, 0.3) is 0 Å². The Balaban J connectivity index is 1.64. The van der Waals surface area contributed by atoms with Crippen molar-refractivity contribution in [3.05, 3.63) is 0 Å². The van der Waals surface area contributed by atoms with Crippen LogP contribution in [0, 0.1) is 17.8 Å². The third-order valence-corrected chi connectivity index (χ3v) is 4.86. The van der Waals surface area contributed by atoms with Gasteiger partial charge in [-0.2, -0.15) is 0 Å². The van der Waals surface area contributed by atoms with Crippen molar-refractivity contribution in [1.29, 1.82) is 0 Å². The van der Waals surface area contributed by atoms with E-state index in [0.29, 0.717) is 0 Å². The zero-order valence-electron chi connectivity index (χ0n) is 14.1. The molecule has 0 amide bonds. The van der Waals surface area contributed by atoms with Crippen LogP contribution in [0.2, 0.25) is 0 Å². The lowest BCUT2D eigenvalue weighted by molar-refractivity contribution is 0.127. The second-order valence-electron chi connectivity index (χ2n) is 6.98. The normalized spacial score (nSPS) is 26.3. The first-order chi connectivity index (χ1) is 10.2. The smallest absolute Gasteiger partial charge is 0.193 e. The van der Waals surface area contributed by atoms with Gasteiger partial charge in [-0.15, -0.1) is 0 Å². The molecule has 2 unspecified atom stereocenters. The summed E-state index contributed by atoms with van der Waals surface area (Å²) in [6.07, 6.45) is 6.81. The van der Waals surface area contributed by atoms with E-state index >= 15 is 0 Å². The summed E-state index contributed by atoms with van der Waals surface area (Å²) in [7, 11) is 1.89. The molecule has 1 aliphatic heterocycles. The van der Waals surface area contributed by atoms with Crippen LogP contribution in [0.4, 0.5) is 0 Å². The second-order valence-corrected chi connectivity index (χ2v) is 6.98. The van der Waals surface area contributed by atoms with Crippen molar-refractivity contribution < 1.29 is 4.74 Å². The van der Waals surface area contributed by atoms with Crippen molar-refractivity contribution in [2.75, 3.05) is 39.9 Å². The van der Waals surface area contributed by atoms with Gasteiger partial charge >= 0.3 is 0 Å². The molecule has 122 valence electrons. The number of guanidine groups is 1. The summed E-state index contributed by atoms with van der Waals surface area (Å²) >= 11 is 0. The fourth-order valence-electron chi connectivity index (χ4n) is 3.57. The highest BCUT2D eigenvalue weighted by atomic mass is 16.5. The minimum atomic E-state index is 0.721. The molecule has 1 saturated carbocycles. The molecule has 0 aromatic rings. The van der Waals surface area contributed by atoms with E-state index in [1.54, 1.807) is 0 Å². The maximum Gasteiger partial charge on any atom is 0.193 e. The standard InChI is InChI=1S/C17H33N3O/c1-14(2)8-10-21-11-9-19-17(18-3)20-12-15-6-4-5-7-16(15)13-20/h14-16H,4-13H2,1-3H3,(H,18,19). The molecule has 0 spiro atoms. The van der Waals surface area contributed by atoms with Gasteiger partial charge < -0.3 is 15.0 Å². The van der Waals surface area contributed by atoms with E-state index in [2.05, 4.69) is 29.1 Å². The van der Waals surface area contributed by atoms with Gasteiger partial charge in [-0.3, -0.25) is 4.99 Å². The minimum Gasteiger partial charge on any atom is -0.380 e. The number of likely N-dealkylation sites (tertiary alicyclic amines) is 1. The average molecular weight is 295 g/mol. The average Bonchev–Trinajstić information content (AvgIpc) is 2.89. The van der Waals surface area contributed by atoms with Crippen molar-refractivity contribution in [3.63, 3.8) is 0 Å². The first-order valence-electron chi connectivity index (χ1n) is 8.74. The number of hydrogen-bond donors (Lipinski definition) is 1. The lowest BCUT2D eigenvalue weighted by Gasteiger charge is -2.22. The van der Waals surface area contributed by atoms with E-state index in [-0.39, 0.29) is 0 Å². The summed E-state index contributed by atoms with van der Waals surface area (Å²) in [5.41, 5.74) is 0. The topological polar surface area (TPSA) is 36.9 Å². The zero-order chi connectivity index (χ0) is 15.1. The molecular formula is C17H33N3O. The Hall–Kier alpha value is -0.770. The molecule has 2 fully saturated rings. The Bertz CT molecular complexity index is 316. The van der Waals surface area contributed by atoms with Gasteiger partial charge in [0.1, 0.15) is 0 Å². The number of rotatable bonds is 6. The molecule has 2 atom stereocenters. The van der Waals surface area contributed by atoms with Crippen molar-refractivity contribution in [1.82, 2.24) is 10.2 Å². The quantitative estimate of drug-likeness (QED) is 0.465. The van der Waals surface area contributed by atoms with E-state index in [9.17, 15) is 0 Å². The van der Waals surface area contributed by atoms with Crippen molar-refractivity contribution in [2.45, 2.75) is 46.0 Å². The summed E-state index contributed by atoms with van der Waals surface area (Å²) in [6.45, 7) is 9.35. The first kappa shape index (κ1) is 16.6. The number of nitrogens with zero attached hydrogens (tertiary/aromatic N) is 2. The second kappa shape index (κ2) is 8.62. The van der Waals surface area contributed by atoms with E-state index < -0.39 is 0 Å². The summed E-state index contributed by atoms with van der Waals surface area (Å²) in [5.74, 6) is 3.59. The van der Waals surface area contributed by atoms with Crippen LogP contribution in [0.5, 0.6) is 0 Å². The van der Waals surface area contributed by atoms with Crippen LogP contribution < -0.4 is 5.32 Å². The molecule has 1 saturated heterocycles. The Morgan fingerprint density at radius 3 is 2.43 bits per heavy atom. The third kappa shape index (κ3) is 5.17. The van der Waals surface area contributed by atoms with Gasteiger partial charge in [0.05, 0.1) is 6.61 Å². The monoisotopic (exact) mass is 295 g/mol. The predicted octanol–water partition coefficient (Wildman–Crippen LogP) is 2.75. The number of hydrogen-bond acceptors (Lipinski definition) is 2. The van der Waals surface area contributed by atoms with Gasteiger partial charge in [0, 0.05) is 33.3 Å². The molecule has 0 radical (unpaired) electrons. The molecular weight excluding hydrogens is 262 g/mol. The number of ether oxygens (including phenoxy) is 1. The fraction of sp³-hybridized carbons (Fsp3) is 0.941. The fourth-order valence-corrected chi connectivity index (χ4v) is 3.57. The lowest BCUT2D eigenvalue weighted by Crippen LogP contribution is -2.41. The van der Waals surface area contributed by atoms with Crippen LogP contribution in [0.25, 0.3) is 0 Å². The maximum absolute atomic E-state index is 5.66. The molecule has 0 bridgehead atoms. The zero-order valence-corrected chi connectivity index (χ0v) is 14.1. The van der Waals surface area contributed by atoms with Gasteiger partial charge in [0.15, 0.2) is 5.96 Å². The van der Waals surface area contributed by atoms with Crippen molar-refractivity contribution in [3.8, 4) is 0 Å². The molecule has 4 heteroatoms. The SMILES string of the molecule is CN=C(NCCOCCC(C)C)N1CC2CCCCC2C1. The number of aliphatic imine (C=N–C) groups is 1. The van der Waals surface area contributed by atoms with Gasteiger partial charge in [-0.1, -0.05) is 26.7 Å². The number of nitrogens with one attached hydrogen (secondary N) is 1. The molecule has 2 aliphatic rings. The maximum atomic E-state index is 5.66. The summed E-state index contributed by atoms with van der Waals surface area (Å²) in [5, 5.41) is 3.46. The molecule has 1 N–H and O–H groups in total.